The normalized spacial score (nSPS) is 10.8. The summed E-state index contributed by atoms with van der Waals surface area (Å²) in [7, 11) is 0. The molecule has 1 N–H and O–H groups in total. The van der Waals surface area contributed by atoms with Crippen LogP contribution in [0.5, 0.6) is 0 Å². The van der Waals surface area contributed by atoms with Crippen molar-refractivity contribution in [2.75, 3.05) is 5.32 Å². The van der Waals surface area contributed by atoms with E-state index in [1.54, 1.807) is 0 Å². The number of amides is 1. The van der Waals surface area contributed by atoms with Gasteiger partial charge in [0.2, 0.25) is 0 Å². The largest absolute Gasteiger partial charge is 0.322 e. The molecule has 4 heteroatoms. The number of thiophene rings is 1. The maximum absolute atomic E-state index is 13.1. The Balaban J connectivity index is 1.75. The third-order valence-electron chi connectivity index (χ3n) is 4.96. The zero-order chi connectivity index (χ0) is 19.7. The molecule has 0 unspecified atom stereocenters. The van der Waals surface area contributed by atoms with Crippen LogP contribution < -0.4 is 5.32 Å². The number of aromatic nitrogens is 1. The summed E-state index contributed by atoms with van der Waals surface area (Å²) in [5, 5.41) is 5.13. The highest BCUT2D eigenvalue weighted by Crippen LogP contribution is 2.35. The van der Waals surface area contributed by atoms with Gasteiger partial charge in [-0.15, -0.1) is 11.3 Å². The zero-order valence-electron chi connectivity index (χ0n) is 16.2. The Morgan fingerprint density at radius 1 is 0.929 bits per heavy atom. The topological polar surface area (TPSA) is 34.0 Å². The monoisotopic (exact) mass is 386 g/mol. The maximum atomic E-state index is 13.1. The average molecular weight is 387 g/mol. The SMILES string of the molecule is Cc1ccc(-c2csc(C(=O)Nc3ccc(C)c(C)c3)c2-n2cccc2)cc1. The summed E-state index contributed by atoms with van der Waals surface area (Å²) in [6.07, 6.45) is 3.96. The lowest BCUT2D eigenvalue weighted by Gasteiger charge is -2.11. The maximum Gasteiger partial charge on any atom is 0.267 e. The molecule has 1 amide bonds. The first kappa shape index (κ1) is 18.3. The summed E-state index contributed by atoms with van der Waals surface area (Å²) in [5.74, 6) is -0.0877. The van der Waals surface area contributed by atoms with Gasteiger partial charge in [-0.1, -0.05) is 35.9 Å². The van der Waals surface area contributed by atoms with Crippen molar-refractivity contribution in [3.63, 3.8) is 0 Å². The summed E-state index contributed by atoms with van der Waals surface area (Å²) < 4.78 is 2.01. The van der Waals surface area contributed by atoms with Crippen LogP contribution in [0.15, 0.2) is 72.4 Å². The van der Waals surface area contributed by atoms with E-state index in [2.05, 4.69) is 55.7 Å². The Kier molecular flexibility index (Phi) is 4.88. The first-order valence-corrected chi connectivity index (χ1v) is 10.1. The molecule has 0 aliphatic heterocycles. The summed E-state index contributed by atoms with van der Waals surface area (Å²) in [4.78, 5) is 13.8. The minimum atomic E-state index is -0.0877. The van der Waals surface area contributed by atoms with Gasteiger partial charge in [0.1, 0.15) is 4.88 Å². The minimum Gasteiger partial charge on any atom is -0.322 e. The van der Waals surface area contributed by atoms with E-state index >= 15 is 0 Å². The van der Waals surface area contributed by atoms with Crippen molar-refractivity contribution in [2.45, 2.75) is 20.8 Å². The second-order valence-electron chi connectivity index (χ2n) is 7.04. The predicted octanol–water partition coefficient (Wildman–Crippen LogP) is 6.38. The lowest BCUT2D eigenvalue weighted by Crippen LogP contribution is -2.13. The summed E-state index contributed by atoms with van der Waals surface area (Å²) in [6.45, 7) is 6.20. The second kappa shape index (κ2) is 7.49. The van der Waals surface area contributed by atoms with Crippen molar-refractivity contribution >= 4 is 22.9 Å². The number of rotatable bonds is 4. The van der Waals surface area contributed by atoms with E-state index in [1.165, 1.54) is 22.5 Å². The summed E-state index contributed by atoms with van der Waals surface area (Å²) >= 11 is 1.48. The highest BCUT2D eigenvalue weighted by atomic mass is 32.1. The highest BCUT2D eigenvalue weighted by molar-refractivity contribution is 7.13. The molecule has 2 heterocycles. The molecule has 140 valence electrons. The van der Waals surface area contributed by atoms with Crippen LogP contribution in [0.2, 0.25) is 0 Å². The standard InChI is InChI=1S/C24H22N2OS/c1-16-6-9-19(10-7-16)21-15-28-23(22(21)26-12-4-5-13-26)24(27)25-20-11-8-17(2)18(3)14-20/h4-15H,1-3H3,(H,25,27). The summed E-state index contributed by atoms with van der Waals surface area (Å²) in [6, 6.07) is 18.3. The van der Waals surface area contributed by atoms with Gasteiger partial charge in [-0.2, -0.15) is 0 Å². The Labute approximate surface area is 169 Å². The number of carbonyl (C=O) groups is 1. The second-order valence-corrected chi connectivity index (χ2v) is 7.92. The van der Waals surface area contributed by atoms with E-state index in [0.717, 1.165) is 28.1 Å². The van der Waals surface area contributed by atoms with E-state index in [4.69, 9.17) is 0 Å². The number of hydrogen-bond donors (Lipinski definition) is 1. The molecule has 0 fully saturated rings. The van der Waals surface area contributed by atoms with Crippen molar-refractivity contribution in [1.82, 2.24) is 4.57 Å². The smallest absolute Gasteiger partial charge is 0.267 e. The van der Waals surface area contributed by atoms with Crippen LogP contribution in [0.1, 0.15) is 26.4 Å². The van der Waals surface area contributed by atoms with Gasteiger partial charge in [0, 0.05) is 29.0 Å². The fourth-order valence-corrected chi connectivity index (χ4v) is 4.17. The Bertz CT molecular complexity index is 1120. The van der Waals surface area contributed by atoms with Crippen LogP contribution in [0.4, 0.5) is 5.69 Å². The Morgan fingerprint density at radius 3 is 2.32 bits per heavy atom. The highest BCUT2D eigenvalue weighted by Gasteiger charge is 2.20. The molecule has 0 bridgehead atoms. The van der Waals surface area contributed by atoms with Gasteiger partial charge < -0.3 is 9.88 Å². The predicted molar refractivity (Wildman–Crippen MR) is 118 cm³/mol. The molecule has 2 aromatic carbocycles. The van der Waals surface area contributed by atoms with Crippen LogP contribution in [-0.4, -0.2) is 10.5 Å². The number of hydrogen-bond acceptors (Lipinski definition) is 2. The van der Waals surface area contributed by atoms with Crippen molar-refractivity contribution in [1.29, 1.82) is 0 Å². The van der Waals surface area contributed by atoms with Gasteiger partial charge in [-0.3, -0.25) is 4.79 Å². The van der Waals surface area contributed by atoms with Crippen molar-refractivity contribution in [2.24, 2.45) is 0 Å². The van der Waals surface area contributed by atoms with Gasteiger partial charge in [-0.05, 0) is 61.7 Å². The molecule has 28 heavy (non-hydrogen) atoms. The molecule has 0 atom stereocenters. The lowest BCUT2D eigenvalue weighted by atomic mass is 10.0. The van der Waals surface area contributed by atoms with Crippen LogP contribution in [0, 0.1) is 20.8 Å². The van der Waals surface area contributed by atoms with Crippen LogP contribution in [-0.2, 0) is 0 Å². The number of nitrogens with one attached hydrogen (secondary N) is 1. The number of benzene rings is 2. The van der Waals surface area contributed by atoms with Crippen molar-refractivity contribution in [3.05, 3.63) is 93.9 Å². The third-order valence-corrected chi connectivity index (χ3v) is 5.93. The molecule has 0 spiro atoms. The number of aryl methyl sites for hydroxylation is 3. The van der Waals surface area contributed by atoms with Crippen LogP contribution in [0.25, 0.3) is 16.8 Å². The summed E-state index contributed by atoms with van der Waals surface area (Å²) in [5.41, 5.74) is 7.49. The molecule has 3 nitrogen and oxygen atoms in total. The first-order valence-electron chi connectivity index (χ1n) is 9.23. The molecular formula is C24H22N2OS. The number of anilines is 1. The third kappa shape index (κ3) is 3.51. The lowest BCUT2D eigenvalue weighted by molar-refractivity contribution is 0.103. The molecule has 0 aliphatic rings. The molecular weight excluding hydrogens is 364 g/mol. The van der Waals surface area contributed by atoms with Gasteiger partial charge in [-0.25, -0.2) is 0 Å². The molecule has 0 aliphatic carbocycles. The quantitative estimate of drug-likeness (QED) is 0.434. The first-order chi connectivity index (χ1) is 13.5. The fraction of sp³-hybridized carbons (Fsp3) is 0.125. The Morgan fingerprint density at radius 2 is 1.64 bits per heavy atom. The van der Waals surface area contributed by atoms with E-state index < -0.39 is 0 Å². The molecule has 4 aromatic rings. The van der Waals surface area contributed by atoms with Crippen molar-refractivity contribution < 1.29 is 4.79 Å². The molecule has 0 saturated carbocycles. The van der Waals surface area contributed by atoms with E-state index in [9.17, 15) is 4.79 Å². The van der Waals surface area contributed by atoms with E-state index in [-0.39, 0.29) is 5.91 Å². The van der Waals surface area contributed by atoms with E-state index in [1.807, 2.05) is 47.3 Å². The van der Waals surface area contributed by atoms with Crippen LogP contribution in [0.3, 0.4) is 0 Å². The van der Waals surface area contributed by atoms with Gasteiger partial charge in [0.05, 0.1) is 5.69 Å². The average Bonchev–Trinajstić information content (AvgIpc) is 3.34. The van der Waals surface area contributed by atoms with Gasteiger partial charge in [0.25, 0.3) is 5.91 Å². The van der Waals surface area contributed by atoms with Gasteiger partial charge >= 0.3 is 0 Å². The molecule has 4 rings (SSSR count). The zero-order valence-corrected chi connectivity index (χ0v) is 17.0. The minimum absolute atomic E-state index is 0.0877. The fourth-order valence-electron chi connectivity index (χ4n) is 3.20. The Hall–Kier alpha value is -3.11. The van der Waals surface area contributed by atoms with Crippen LogP contribution >= 0.6 is 11.3 Å². The van der Waals surface area contributed by atoms with E-state index in [0.29, 0.717) is 4.88 Å². The molecule has 0 radical (unpaired) electrons. The number of carbonyl (C=O) groups excluding carboxylic acids is 1. The number of nitrogens with zero attached hydrogens (tertiary/aromatic N) is 1. The molecule has 0 saturated heterocycles. The van der Waals surface area contributed by atoms with Gasteiger partial charge in [0.15, 0.2) is 0 Å². The van der Waals surface area contributed by atoms with Crippen molar-refractivity contribution in [3.8, 4) is 16.8 Å². The molecule has 2 aromatic heterocycles.